The van der Waals surface area contributed by atoms with Gasteiger partial charge in [-0.25, -0.2) is 19.3 Å². The standard InChI is InChI=1S/C17H19N7O2S/c1-11-16(27-10-19-11)17(26)21-12-2-4-13(5-3-12)24-15(25)7-6-14(22-24)23-9-18-8-20-23/h6-10,12-13H,2-5H2,1H3,(H,21,26). The van der Waals surface area contributed by atoms with Crippen LogP contribution in [0.3, 0.4) is 0 Å². The molecule has 3 heterocycles. The molecular weight excluding hydrogens is 366 g/mol. The molecule has 0 atom stereocenters. The van der Waals surface area contributed by atoms with Crippen LogP contribution in [0.2, 0.25) is 0 Å². The topological polar surface area (TPSA) is 108 Å². The fraction of sp³-hybridized carbons (Fsp3) is 0.412. The van der Waals surface area contributed by atoms with E-state index in [0.29, 0.717) is 10.7 Å². The maximum atomic E-state index is 12.4. The van der Waals surface area contributed by atoms with Gasteiger partial charge in [0, 0.05) is 12.1 Å². The van der Waals surface area contributed by atoms with Crippen LogP contribution in [0, 0.1) is 6.92 Å². The average Bonchev–Trinajstić information content (AvgIpc) is 3.35. The van der Waals surface area contributed by atoms with Gasteiger partial charge >= 0.3 is 0 Å². The summed E-state index contributed by atoms with van der Waals surface area (Å²) in [5, 5.41) is 11.6. The van der Waals surface area contributed by atoms with E-state index in [0.717, 1.165) is 31.4 Å². The van der Waals surface area contributed by atoms with Gasteiger partial charge in [-0.1, -0.05) is 0 Å². The van der Waals surface area contributed by atoms with E-state index in [1.54, 1.807) is 17.9 Å². The van der Waals surface area contributed by atoms with Crippen LogP contribution in [0.15, 0.2) is 35.1 Å². The summed E-state index contributed by atoms with van der Waals surface area (Å²) in [6.45, 7) is 1.84. The number of thiazole rings is 1. The van der Waals surface area contributed by atoms with E-state index in [4.69, 9.17) is 0 Å². The second kappa shape index (κ2) is 7.39. The Balaban J connectivity index is 1.42. The molecule has 1 aliphatic carbocycles. The van der Waals surface area contributed by atoms with Gasteiger partial charge < -0.3 is 5.32 Å². The van der Waals surface area contributed by atoms with Crippen LogP contribution >= 0.6 is 11.3 Å². The average molecular weight is 385 g/mol. The van der Waals surface area contributed by atoms with Gasteiger partial charge in [-0.15, -0.1) is 16.4 Å². The molecule has 0 aromatic carbocycles. The van der Waals surface area contributed by atoms with E-state index in [-0.39, 0.29) is 23.6 Å². The lowest BCUT2D eigenvalue weighted by Crippen LogP contribution is -2.39. The van der Waals surface area contributed by atoms with Gasteiger partial charge in [0.25, 0.3) is 11.5 Å². The lowest BCUT2D eigenvalue weighted by molar-refractivity contribution is 0.0924. The van der Waals surface area contributed by atoms with Crippen LogP contribution < -0.4 is 10.9 Å². The van der Waals surface area contributed by atoms with E-state index >= 15 is 0 Å². The first-order chi connectivity index (χ1) is 13.1. The summed E-state index contributed by atoms with van der Waals surface area (Å²) in [5.41, 5.74) is 2.31. The van der Waals surface area contributed by atoms with Crippen LogP contribution in [0.4, 0.5) is 0 Å². The summed E-state index contributed by atoms with van der Waals surface area (Å²) in [4.78, 5) is 33.3. The summed E-state index contributed by atoms with van der Waals surface area (Å²) in [5.74, 6) is 0.491. The van der Waals surface area contributed by atoms with Gasteiger partial charge in [0.15, 0.2) is 5.82 Å². The van der Waals surface area contributed by atoms with Gasteiger partial charge in [0.2, 0.25) is 0 Å². The number of carbonyl (C=O) groups excluding carboxylic acids is 1. The summed E-state index contributed by atoms with van der Waals surface area (Å²) < 4.78 is 3.06. The molecule has 0 bridgehead atoms. The highest BCUT2D eigenvalue weighted by Crippen LogP contribution is 2.27. The minimum absolute atomic E-state index is 0.0132. The molecule has 1 aliphatic rings. The molecule has 10 heteroatoms. The Bertz CT molecular complexity index is 987. The highest BCUT2D eigenvalue weighted by atomic mass is 32.1. The predicted molar refractivity (Wildman–Crippen MR) is 99.0 cm³/mol. The van der Waals surface area contributed by atoms with Crippen molar-refractivity contribution in [2.24, 2.45) is 0 Å². The molecule has 0 saturated heterocycles. The quantitative estimate of drug-likeness (QED) is 0.729. The second-order valence-corrected chi connectivity index (χ2v) is 7.41. The molecule has 3 aromatic rings. The zero-order valence-corrected chi connectivity index (χ0v) is 15.6. The molecule has 0 unspecified atom stereocenters. The smallest absolute Gasteiger partial charge is 0.267 e. The second-order valence-electron chi connectivity index (χ2n) is 6.56. The maximum absolute atomic E-state index is 12.4. The van der Waals surface area contributed by atoms with Crippen LogP contribution in [0.5, 0.6) is 0 Å². The zero-order valence-electron chi connectivity index (χ0n) is 14.8. The van der Waals surface area contributed by atoms with Gasteiger partial charge in [-0.3, -0.25) is 9.59 Å². The molecule has 140 valence electrons. The molecule has 3 aromatic heterocycles. The van der Waals surface area contributed by atoms with Crippen molar-refractivity contribution < 1.29 is 4.79 Å². The number of aromatic nitrogens is 6. The summed E-state index contributed by atoms with van der Waals surface area (Å²) >= 11 is 1.35. The Labute approximate surface area is 159 Å². The van der Waals surface area contributed by atoms with Crippen LogP contribution in [-0.2, 0) is 0 Å². The van der Waals surface area contributed by atoms with E-state index in [1.807, 2.05) is 6.92 Å². The highest BCUT2D eigenvalue weighted by molar-refractivity contribution is 7.11. The molecule has 0 spiro atoms. The molecule has 1 amide bonds. The molecule has 27 heavy (non-hydrogen) atoms. The number of amides is 1. The van der Waals surface area contributed by atoms with Crippen molar-refractivity contribution in [2.75, 3.05) is 0 Å². The molecule has 1 saturated carbocycles. The third-order valence-electron chi connectivity index (χ3n) is 4.79. The van der Waals surface area contributed by atoms with E-state index in [2.05, 4.69) is 25.5 Å². The van der Waals surface area contributed by atoms with Crippen molar-refractivity contribution in [3.63, 3.8) is 0 Å². The number of nitrogens with one attached hydrogen (secondary N) is 1. The van der Waals surface area contributed by atoms with Crippen molar-refractivity contribution in [3.05, 3.63) is 51.2 Å². The fourth-order valence-corrected chi connectivity index (χ4v) is 4.07. The largest absolute Gasteiger partial charge is 0.349 e. The number of rotatable bonds is 4. The normalized spacial score (nSPS) is 19.7. The summed E-state index contributed by atoms with van der Waals surface area (Å²) in [7, 11) is 0. The predicted octanol–water partition coefficient (Wildman–Crippen LogP) is 1.50. The van der Waals surface area contributed by atoms with Crippen molar-refractivity contribution in [1.82, 2.24) is 34.8 Å². The van der Waals surface area contributed by atoms with Crippen LogP contribution in [0.25, 0.3) is 5.82 Å². The van der Waals surface area contributed by atoms with Crippen molar-refractivity contribution in [2.45, 2.75) is 44.7 Å². The van der Waals surface area contributed by atoms with Crippen molar-refractivity contribution in [1.29, 1.82) is 0 Å². The lowest BCUT2D eigenvalue weighted by atomic mass is 9.91. The Hall–Kier alpha value is -2.88. The summed E-state index contributed by atoms with van der Waals surface area (Å²) in [6.07, 6.45) is 6.13. The summed E-state index contributed by atoms with van der Waals surface area (Å²) in [6, 6.07) is 3.25. The van der Waals surface area contributed by atoms with Gasteiger partial charge in [-0.05, 0) is 38.7 Å². The lowest BCUT2D eigenvalue weighted by Gasteiger charge is -2.29. The number of aryl methyl sites for hydroxylation is 1. The van der Waals surface area contributed by atoms with Crippen molar-refractivity contribution >= 4 is 17.2 Å². The van der Waals surface area contributed by atoms with Gasteiger partial charge in [0.05, 0.1) is 17.2 Å². The first kappa shape index (κ1) is 17.5. The van der Waals surface area contributed by atoms with Crippen molar-refractivity contribution in [3.8, 4) is 5.82 Å². The first-order valence-corrected chi connectivity index (χ1v) is 9.65. The Morgan fingerprint density at radius 1 is 1.26 bits per heavy atom. The zero-order chi connectivity index (χ0) is 18.8. The highest BCUT2D eigenvalue weighted by Gasteiger charge is 2.26. The van der Waals surface area contributed by atoms with Gasteiger partial charge in [-0.2, -0.15) is 5.10 Å². The van der Waals surface area contributed by atoms with Crippen LogP contribution in [-0.4, -0.2) is 41.5 Å². The van der Waals surface area contributed by atoms with E-state index in [9.17, 15) is 9.59 Å². The van der Waals surface area contributed by atoms with E-state index in [1.165, 1.54) is 33.1 Å². The Kier molecular flexibility index (Phi) is 4.80. The SMILES string of the molecule is Cc1ncsc1C(=O)NC1CCC(n2nc(-n3cncn3)ccc2=O)CC1. The number of nitrogens with zero attached hydrogens (tertiary/aromatic N) is 6. The number of hydrogen-bond acceptors (Lipinski definition) is 7. The van der Waals surface area contributed by atoms with Gasteiger partial charge in [0.1, 0.15) is 17.5 Å². The van der Waals surface area contributed by atoms with Crippen LogP contribution in [0.1, 0.15) is 47.1 Å². The molecule has 1 fully saturated rings. The minimum Gasteiger partial charge on any atom is -0.349 e. The fourth-order valence-electron chi connectivity index (χ4n) is 3.36. The minimum atomic E-state index is -0.133. The molecule has 0 radical (unpaired) electrons. The molecule has 0 aliphatic heterocycles. The third kappa shape index (κ3) is 3.65. The first-order valence-electron chi connectivity index (χ1n) is 8.77. The molecule has 4 rings (SSSR count). The maximum Gasteiger partial charge on any atom is 0.267 e. The molecule has 1 N–H and O–H groups in total. The third-order valence-corrected chi connectivity index (χ3v) is 5.72. The number of hydrogen-bond donors (Lipinski definition) is 1. The monoisotopic (exact) mass is 385 g/mol. The number of carbonyl (C=O) groups is 1. The Morgan fingerprint density at radius 2 is 2.07 bits per heavy atom. The Morgan fingerprint density at radius 3 is 2.74 bits per heavy atom. The molecule has 9 nitrogen and oxygen atoms in total. The molecular formula is C17H19N7O2S. The van der Waals surface area contributed by atoms with E-state index < -0.39 is 0 Å².